The van der Waals surface area contributed by atoms with E-state index in [1.165, 1.54) is 0 Å². The van der Waals surface area contributed by atoms with Crippen LogP contribution >= 0.6 is 0 Å². The Bertz CT molecular complexity index is 949. The first kappa shape index (κ1) is 16.8. The van der Waals surface area contributed by atoms with Crippen molar-refractivity contribution in [1.82, 2.24) is 4.57 Å². The zero-order chi connectivity index (χ0) is 17.8. The van der Waals surface area contributed by atoms with Crippen molar-refractivity contribution in [3.05, 3.63) is 70.9 Å². The molecule has 0 radical (unpaired) electrons. The molecule has 0 aliphatic carbocycles. The maximum absolute atomic E-state index is 12.8. The molecule has 4 nitrogen and oxygen atoms in total. The standard InChI is InChI=1S/C21H20N2O2/c1-15-9-10-19-18(13-15)16(2)20(23(19)12-6-11-22)21(24)25-14-17-7-4-3-5-8-17/h3-5,7-10,13H,6,12,14H2,1-2H3. The third-order valence-corrected chi connectivity index (χ3v) is 4.33. The highest BCUT2D eigenvalue weighted by atomic mass is 16.5. The summed E-state index contributed by atoms with van der Waals surface area (Å²) < 4.78 is 7.44. The minimum absolute atomic E-state index is 0.234. The van der Waals surface area contributed by atoms with E-state index in [1.807, 2.05) is 60.9 Å². The van der Waals surface area contributed by atoms with Gasteiger partial charge in [-0.1, -0.05) is 42.0 Å². The third kappa shape index (κ3) is 3.41. The predicted molar refractivity (Wildman–Crippen MR) is 97.2 cm³/mol. The van der Waals surface area contributed by atoms with E-state index in [4.69, 9.17) is 10.00 Å². The van der Waals surface area contributed by atoms with Crippen molar-refractivity contribution in [2.45, 2.75) is 33.4 Å². The van der Waals surface area contributed by atoms with Gasteiger partial charge in [-0.05, 0) is 37.1 Å². The van der Waals surface area contributed by atoms with Crippen LogP contribution in [0.1, 0.15) is 33.6 Å². The smallest absolute Gasteiger partial charge is 0.355 e. The van der Waals surface area contributed by atoms with Crippen molar-refractivity contribution < 1.29 is 9.53 Å². The zero-order valence-corrected chi connectivity index (χ0v) is 14.5. The van der Waals surface area contributed by atoms with Crippen molar-refractivity contribution in [2.24, 2.45) is 0 Å². The average molecular weight is 332 g/mol. The molecular weight excluding hydrogens is 312 g/mol. The molecule has 0 saturated carbocycles. The van der Waals surface area contributed by atoms with Crippen LogP contribution < -0.4 is 0 Å². The molecule has 0 bridgehead atoms. The minimum Gasteiger partial charge on any atom is -0.456 e. The molecule has 25 heavy (non-hydrogen) atoms. The van der Waals surface area contributed by atoms with Crippen LogP contribution in [-0.2, 0) is 17.9 Å². The van der Waals surface area contributed by atoms with E-state index in [-0.39, 0.29) is 12.6 Å². The first-order valence-electron chi connectivity index (χ1n) is 8.29. The summed E-state index contributed by atoms with van der Waals surface area (Å²) in [6.45, 7) is 4.67. The van der Waals surface area contributed by atoms with Gasteiger partial charge in [0.1, 0.15) is 12.3 Å². The molecule has 0 unspecified atom stereocenters. The second-order valence-electron chi connectivity index (χ2n) is 6.12. The minimum atomic E-state index is -0.354. The molecular formula is C21H20N2O2. The van der Waals surface area contributed by atoms with E-state index >= 15 is 0 Å². The van der Waals surface area contributed by atoms with Gasteiger partial charge in [0, 0.05) is 17.4 Å². The third-order valence-electron chi connectivity index (χ3n) is 4.33. The van der Waals surface area contributed by atoms with Crippen molar-refractivity contribution in [2.75, 3.05) is 0 Å². The summed E-state index contributed by atoms with van der Waals surface area (Å²) in [5, 5.41) is 9.98. The van der Waals surface area contributed by atoms with Gasteiger partial charge in [0.2, 0.25) is 0 Å². The molecule has 0 aliphatic heterocycles. The van der Waals surface area contributed by atoms with Crippen LogP contribution in [0.4, 0.5) is 0 Å². The molecule has 0 atom stereocenters. The lowest BCUT2D eigenvalue weighted by Crippen LogP contribution is -2.13. The van der Waals surface area contributed by atoms with Gasteiger partial charge in [-0.15, -0.1) is 0 Å². The number of fused-ring (bicyclic) bond motifs is 1. The number of rotatable bonds is 5. The summed E-state index contributed by atoms with van der Waals surface area (Å²) in [6.07, 6.45) is 0.343. The fourth-order valence-electron chi connectivity index (χ4n) is 3.08. The Balaban J connectivity index is 1.97. The van der Waals surface area contributed by atoms with Gasteiger partial charge >= 0.3 is 5.97 Å². The number of esters is 1. The molecule has 3 rings (SSSR count). The summed E-state index contributed by atoms with van der Waals surface area (Å²) in [7, 11) is 0. The lowest BCUT2D eigenvalue weighted by atomic mass is 10.1. The van der Waals surface area contributed by atoms with Gasteiger partial charge < -0.3 is 9.30 Å². The lowest BCUT2D eigenvalue weighted by molar-refractivity contribution is 0.0459. The lowest BCUT2D eigenvalue weighted by Gasteiger charge is -2.10. The number of benzene rings is 2. The second kappa shape index (κ2) is 7.23. The number of nitrogens with zero attached hydrogens (tertiary/aromatic N) is 2. The number of aryl methyl sites for hydroxylation is 3. The SMILES string of the molecule is Cc1ccc2c(c1)c(C)c(C(=O)OCc1ccccc1)n2CCC#N. The van der Waals surface area contributed by atoms with Crippen LogP contribution in [0, 0.1) is 25.2 Å². The molecule has 126 valence electrons. The highest BCUT2D eigenvalue weighted by molar-refractivity contribution is 5.99. The predicted octanol–water partition coefficient (Wildman–Crippen LogP) is 4.53. The molecule has 0 N–H and O–H groups in total. The van der Waals surface area contributed by atoms with Crippen LogP contribution in [-0.4, -0.2) is 10.5 Å². The first-order valence-corrected chi connectivity index (χ1v) is 8.29. The highest BCUT2D eigenvalue weighted by Gasteiger charge is 2.21. The van der Waals surface area contributed by atoms with E-state index in [1.54, 1.807) is 0 Å². The molecule has 0 fully saturated rings. The van der Waals surface area contributed by atoms with Gasteiger partial charge in [-0.2, -0.15) is 5.26 Å². The Morgan fingerprint density at radius 3 is 2.64 bits per heavy atom. The van der Waals surface area contributed by atoms with E-state index < -0.39 is 0 Å². The van der Waals surface area contributed by atoms with E-state index in [0.717, 1.165) is 27.6 Å². The summed E-state index contributed by atoms with van der Waals surface area (Å²) >= 11 is 0. The zero-order valence-electron chi connectivity index (χ0n) is 14.5. The first-order chi connectivity index (χ1) is 12.1. The molecule has 3 aromatic rings. The Morgan fingerprint density at radius 1 is 1.16 bits per heavy atom. The molecule has 0 amide bonds. The van der Waals surface area contributed by atoms with Crippen molar-refractivity contribution in [1.29, 1.82) is 5.26 Å². The van der Waals surface area contributed by atoms with E-state index in [2.05, 4.69) is 12.1 Å². The Morgan fingerprint density at radius 2 is 1.92 bits per heavy atom. The quantitative estimate of drug-likeness (QED) is 0.645. The van der Waals surface area contributed by atoms with Gasteiger partial charge in [0.15, 0.2) is 0 Å². The molecule has 2 aromatic carbocycles. The maximum Gasteiger partial charge on any atom is 0.355 e. The fraction of sp³-hybridized carbons (Fsp3) is 0.238. The number of carbonyl (C=O) groups excluding carboxylic acids is 1. The van der Waals surface area contributed by atoms with Crippen molar-refractivity contribution in [3.8, 4) is 6.07 Å². The summed E-state index contributed by atoms with van der Waals surface area (Å²) in [4.78, 5) is 12.8. The molecule has 0 saturated heterocycles. The van der Waals surface area contributed by atoms with Crippen molar-refractivity contribution >= 4 is 16.9 Å². The Kier molecular flexibility index (Phi) is 4.85. The monoisotopic (exact) mass is 332 g/mol. The van der Waals surface area contributed by atoms with Crippen LogP contribution in [0.25, 0.3) is 10.9 Å². The topological polar surface area (TPSA) is 55.0 Å². The van der Waals surface area contributed by atoms with Gasteiger partial charge in [0.25, 0.3) is 0 Å². The molecule has 0 aliphatic rings. The van der Waals surface area contributed by atoms with Crippen LogP contribution in [0.2, 0.25) is 0 Å². The van der Waals surface area contributed by atoms with E-state index in [0.29, 0.717) is 18.7 Å². The van der Waals surface area contributed by atoms with E-state index in [9.17, 15) is 4.79 Å². The number of ether oxygens (including phenoxy) is 1. The normalized spacial score (nSPS) is 10.6. The van der Waals surface area contributed by atoms with Crippen molar-refractivity contribution in [3.63, 3.8) is 0 Å². The second-order valence-corrected chi connectivity index (χ2v) is 6.12. The number of carbonyl (C=O) groups is 1. The van der Waals surface area contributed by atoms with Gasteiger partial charge in [-0.3, -0.25) is 0 Å². The average Bonchev–Trinajstić information content (AvgIpc) is 2.90. The summed E-state index contributed by atoms with van der Waals surface area (Å²) in [5.41, 5.74) is 4.48. The number of aromatic nitrogens is 1. The van der Waals surface area contributed by atoms with Gasteiger partial charge in [0.05, 0.1) is 12.5 Å². The molecule has 4 heteroatoms. The highest BCUT2D eigenvalue weighted by Crippen LogP contribution is 2.28. The largest absolute Gasteiger partial charge is 0.456 e. The maximum atomic E-state index is 12.8. The van der Waals surface area contributed by atoms with Crippen LogP contribution in [0.15, 0.2) is 48.5 Å². The van der Waals surface area contributed by atoms with Crippen LogP contribution in [0.5, 0.6) is 0 Å². The van der Waals surface area contributed by atoms with Crippen LogP contribution in [0.3, 0.4) is 0 Å². The fourth-order valence-corrected chi connectivity index (χ4v) is 3.08. The van der Waals surface area contributed by atoms with Gasteiger partial charge in [-0.25, -0.2) is 4.79 Å². The Hall–Kier alpha value is -3.06. The molecule has 1 heterocycles. The number of hydrogen-bond donors (Lipinski definition) is 0. The number of hydrogen-bond acceptors (Lipinski definition) is 3. The molecule has 0 spiro atoms. The molecule has 1 aromatic heterocycles. The Labute approximate surface area is 147 Å². The number of nitriles is 1. The summed E-state index contributed by atoms with van der Waals surface area (Å²) in [6, 6.07) is 17.9. The summed E-state index contributed by atoms with van der Waals surface area (Å²) in [5.74, 6) is -0.354.